The van der Waals surface area contributed by atoms with Crippen molar-refractivity contribution >= 4 is 17.5 Å². The molecule has 0 bridgehead atoms. The van der Waals surface area contributed by atoms with E-state index >= 15 is 0 Å². The smallest absolute Gasteiger partial charge is 0.251 e. The Morgan fingerprint density at radius 2 is 2.20 bits per heavy atom. The Morgan fingerprint density at radius 3 is 3.04 bits per heavy atom. The van der Waals surface area contributed by atoms with Gasteiger partial charge in [-0.05, 0) is 49.5 Å². The highest BCUT2D eigenvalue weighted by molar-refractivity contribution is 6.11. The summed E-state index contributed by atoms with van der Waals surface area (Å²) in [5, 5.41) is 2.97. The zero-order valence-corrected chi connectivity index (χ0v) is 14.2. The summed E-state index contributed by atoms with van der Waals surface area (Å²) in [5.41, 5.74) is 5.72. The molecule has 0 saturated heterocycles. The fourth-order valence-electron chi connectivity index (χ4n) is 3.84. The van der Waals surface area contributed by atoms with Crippen molar-refractivity contribution in [1.29, 1.82) is 0 Å². The Labute approximate surface area is 147 Å². The molecule has 3 aliphatic rings. The normalized spacial score (nSPS) is 23.2. The Balaban J connectivity index is 1.53. The average Bonchev–Trinajstić information content (AvgIpc) is 3.05. The van der Waals surface area contributed by atoms with E-state index in [4.69, 9.17) is 0 Å². The third kappa shape index (κ3) is 3.12. The zero-order valence-electron chi connectivity index (χ0n) is 14.2. The van der Waals surface area contributed by atoms with E-state index in [1.807, 2.05) is 49.4 Å². The highest BCUT2D eigenvalue weighted by Crippen LogP contribution is 2.39. The van der Waals surface area contributed by atoms with Gasteiger partial charge in [-0.2, -0.15) is 0 Å². The highest BCUT2D eigenvalue weighted by Gasteiger charge is 2.34. The van der Waals surface area contributed by atoms with Crippen molar-refractivity contribution in [1.82, 2.24) is 5.32 Å². The van der Waals surface area contributed by atoms with Gasteiger partial charge in [0.15, 0.2) is 0 Å². The molecule has 2 amide bonds. The number of benzene rings is 1. The monoisotopic (exact) mass is 332 g/mol. The molecule has 126 valence electrons. The summed E-state index contributed by atoms with van der Waals surface area (Å²) >= 11 is 0. The molecule has 1 aromatic rings. The molecule has 0 spiro atoms. The van der Waals surface area contributed by atoms with Gasteiger partial charge in [-0.25, -0.2) is 4.99 Å². The minimum atomic E-state index is -0.177. The fourth-order valence-corrected chi connectivity index (χ4v) is 3.84. The van der Waals surface area contributed by atoms with Gasteiger partial charge in [-0.3, -0.25) is 9.59 Å². The predicted octanol–water partition coefficient (Wildman–Crippen LogP) is 3.19. The van der Waals surface area contributed by atoms with Crippen LogP contribution in [0.25, 0.3) is 0 Å². The number of aryl methyl sites for hydroxylation is 1. The number of nitrogens with zero attached hydrogens (tertiary/aromatic N) is 1. The summed E-state index contributed by atoms with van der Waals surface area (Å²) in [4.78, 5) is 28.7. The molecular formula is C21H20N2O2. The Morgan fingerprint density at radius 1 is 1.32 bits per heavy atom. The molecule has 1 N–H and O–H groups in total. The van der Waals surface area contributed by atoms with Gasteiger partial charge in [-0.15, -0.1) is 0 Å². The van der Waals surface area contributed by atoms with E-state index < -0.39 is 0 Å². The molecule has 1 atom stereocenters. The molecule has 0 aromatic heterocycles. The van der Waals surface area contributed by atoms with Crippen LogP contribution < -0.4 is 5.32 Å². The fraction of sp³-hybridized carbons (Fsp3) is 0.286. The van der Waals surface area contributed by atoms with Gasteiger partial charge in [0.2, 0.25) is 0 Å². The summed E-state index contributed by atoms with van der Waals surface area (Å²) in [6.45, 7) is 2.01. The molecule has 1 aromatic carbocycles. The third-order valence-electron chi connectivity index (χ3n) is 4.96. The van der Waals surface area contributed by atoms with E-state index in [1.165, 1.54) is 5.57 Å². The lowest BCUT2D eigenvalue weighted by atomic mass is 9.85. The molecule has 0 fully saturated rings. The largest absolute Gasteiger partial charge is 0.325 e. The second-order valence-electron chi connectivity index (χ2n) is 6.84. The van der Waals surface area contributed by atoms with Gasteiger partial charge < -0.3 is 5.32 Å². The van der Waals surface area contributed by atoms with Crippen molar-refractivity contribution in [3.63, 3.8) is 0 Å². The molecule has 4 heteroatoms. The van der Waals surface area contributed by atoms with Gasteiger partial charge in [0.25, 0.3) is 11.8 Å². The lowest BCUT2D eigenvalue weighted by molar-refractivity contribution is -0.118. The first-order valence-electron chi connectivity index (χ1n) is 8.70. The van der Waals surface area contributed by atoms with E-state index in [2.05, 4.69) is 10.3 Å². The van der Waals surface area contributed by atoms with Gasteiger partial charge in [0, 0.05) is 17.2 Å². The van der Waals surface area contributed by atoms with Crippen molar-refractivity contribution < 1.29 is 9.59 Å². The van der Waals surface area contributed by atoms with E-state index in [9.17, 15) is 9.59 Å². The second kappa shape index (κ2) is 6.28. The van der Waals surface area contributed by atoms with Crippen molar-refractivity contribution in [2.24, 2.45) is 10.9 Å². The van der Waals surface area contributed by atoms with Crippen LogP contribution >= 0.6 is 0 Å². The summed E-state index contributed by atoms with van der Waals surface area (Å²) in [6, 6.07) is 7.89. The first kappa shape index (κ1) is 15.8. The van der Waals surface area contributed by atoms with Crippen molar-refractivity contribution in [3.05, 3.63) is 70.5 Å². The van der Waals surface area contributed by atoms with Crippen LogP contribution in [-0.2, 0) is 16.0 Å². The van der Waals surface area contributed by atoms with E-state index in [0.717, 1.165) is 41.7 Å². The molecule has 1 unspecified atom stereocenters. The average molecular weight is 332 g/mol. The Bertz CT molecular complexity index is 887. The molecule has 4 rings (SSSR count). The summed E-state index contributed by atoms with van der Waals surface area (Å²) in [7, 11) is 0. The van der Waals surface area contributed by atoms with Crippen molar-refractivity contribution in [2.75, 3.05) is 0 Å². The number of rotatable bonds is 2. The second-order valence-corrected chi connectivity index (χ2v) is 6.84. The van der Waals surface area contributed by atoms with Crippen LogP contribution in [0.15, 0.2) is 64.3 Å². The lowest BCUT2D eigenvalue weighted by Crippen LogP contribution is -2.35. The van der Waals surface area contributed by atoms with Crippen LogP contribution in [0.4, 0.5) is 0 Å². The molecule has 1 heterocycles. The number of aliphatic imine (C=N–C) groups is 1. The number of allylic oxidation sites excluding steroid dienone is 3. The molecular weight excluding hydrogens is 312 g/mol. The van der Waals surface area contributed by atoms with Crippen LogP contribution in [0.5, 0.6) is 0 Å². The maximum atomic E-state index is 12.3. The van der Waals surface area contributed by atoms with E-state index in [1.54, 1.807) is 0 Å². The zero-order chi connectivity index (χ0) is 17.4. The molecule has 1 aliphatic heterocycles. The van der Waals surface area contributed by atoms with Crippen LogP contribution in [-0.4, -0.2) is 17.5 Å². The van der Waals surface area contributed by atoms with E-state index in [0.29, 0.717) is 5.71 Å². The van der Waals surface area contributed by atoms with Crippen molar-refractivity contribution in [3.8, 4) is 0 Å². The molecule has 0 radical (unpaired) electrons. The van der Waals surface area contributed by atoms with Crippen molar-refractivity contribution in [2.45, 2.75) is 32.6 Å². The highest BCUT2D eigenvalue weighted by atomic mass is 16.2. The number of carbonyl (C=O) groups excluding carboxylic acids is 2. The van der Waals surface area contributed by atoms with Crippen LogP contribution in [0.3, 0.4) is 0 Å². The summed E-state index contributed by atoms with van der Waals surface area (Å²) < 4.78 is 0. The van der Waals surface area contributed by atoms with Gasteiger partial charge >= 0.3 is 0 Å². The number of hydrogen-bond acceptors (Lipinski definition) is 2. The van der Waals surface area contributed by atoms with E-state index in [-0.39, 0.29) is 24.2 Å². The molecule has 0 saturated carbocycles. The minimum Gasteiger partial charge on any atom is -0.325 e. The summed E-state index contributed by atoms with van der Waals surface area (Å²) in [6.07, 6.45) is 8.96. The number of nitrogens with one attached hydrogen (secondary N) is 1. The van der Waals surface area contributed by atoms with Crippen LogP contribution in [0.2, 0.25) is 0 Å². The van der Waals surface area contributed by atoms with Crippen LogP contribution in [0.1, 0.15) is 30.4 Å². The first-order valence-corrected chi connectivity index (χ1v) is 8.70. The number of carbonyl (C=O) groups is 2. The van der Waals surface area contributed by atoms with Gasteiger partial charge in [0.1, 0.15) is 0 Å². The number of hydrogen-bond donors (Lipinski definition) is 1. The minimum absolute atomic E-state index is 0.00994. The quantitative estimate of drug-likeness (QED) is 0.904. The standard InChI is InChI=1S/C21H20N2O2/c1-13-4-2-5-14(10-13)11-20(24)22-15-8-9-17-16-6-3-7-18(16)21(25)23-19(17)12-15/h2,4-5,8-10,12,17H,3,6-7,11H2,1H3,(H,23,25). The SMILES string of the molecule is Cc1cccc(CC(=O)N=C2C=CC3C(=C2)NC(=O)C2=C3CCC2)c1. The van der Waals surface area contributed by atoms with Gasteiger partial charge in [0.05, 0.1) is 12.1 Å². The molecule has 25 heavy (non-hydrogen) atoms. The third-order valence-corrected chi connectivity index (χ3v) is 4.96. The van der Waals surface area contributed by atoms with Crippen LogP contribution in [0, 0.1) is 12.8 Å². The maximum Gasteiger partial charge on any atom is 0.251 e. The maximum absolute atomic E-state index is 12.3. The first-order chi connectivity index (χ1) is 12.1. The lowest BCUT2D eigenvalue weighted by Gasteiger charge is -2.28. The molecule has 4 nitrogen and oxygen atoms in total. The predicted molar refractivity (Wildman–Crippen MR) is 97.1 cm³/mol. The number of amides is 2. The van der Waals surface area contributed by atoms with Gasteiger partial charge in [-0.1, -0.05) is 35.9 Å². The summed E-state index contributed by atoms with van der Waals surface area (Å²) in [5.74, 6) is -0.0276. The Hall–Kier alpha value is -2.75. The number of fused-ring (bicyclic) bond motifs is 2. The topological polar surface area (TPSA) is 58.5 Å². The Kier molecular flexibility index (Phi) is 3.96. The molecule has 2 aliphatic carbocycles.